The van der Waals surface area contributed by atoms with E-state index in [1.165, 1.54) is 51.4 Å². The Balaban J connectivity index is 2.29. The van der Waals surface area contributed by atoms with Crippen molar-refractivity contribution in [3.8, 4) is 5.88 Å². The zero-order valence-corrected chi connectivity index (χ0v) is 14.6. The second-order valence-electron chi connectivity index (χ2n) is 5.77. The van der Waals surface area contributed by atoms with E-state index in [4.69, 9.17) is 10.5 Å². The smallest absolute Gasteiger partial charge is 0.239 e. The van der Waals surface area contributed by atoms with Gasteiger partial charge < -0.3 is 15.7 Å². The molecule has 6 nitrogen and oxygen atoms in total. The van der Waals surface area contributed by atoms with Crippen LogP contribution in [0.5, 0.6) is 5.88 Å². The lowest BCUT2D eigenvalue weighted by atomic mass is 10.1. The summed E-state index contributed by atoms with van der Waals surface area (Å²) >= 11 is 0. The van der Waals surface area contributed by atoms with E-state index in [2.05, 4.69) is 16.9 Å². The van der Waals surface area contributed by atoms with E-state index in [0.29, 0.717) is 24.5 Å². The molecule has 0 saturated heterocycles. The van der Waals surface area contributed by atoms with Crippen LogP contribution in [-0.4, -0.2) is 28.1 Å². The highest BCUT2D eigenvalue weighted by molar-refractivity contribution is 5.21. The molecule has 0 amide bonds. The van der Waals surface area contributed by atoms with Crippen molar-refractivity contribution in [2.45, 2.75) is 71.6 Å². The molecule has 23 heavy (non-hydrogen) atoms. The molecule has 0 radical (unpaired) electrons. The summed E-state index contributed by atoms with van der Waals surface area (Å²) in [5, 5.41) is 9.81. The highest BCUT2D eigenvalue weighted by Crippen LogP contribution is 2.09. The average Bonchev–Trinajstić information content (AvgIpc) is 2.53. The maximum atomic E-state index is 9.81. The zero-order valence-electron chi connectivity index (χ0n) is 14.6. The maximum absolute atomic E-state index is 9.81. The SMILES string of the molecule is CCCCCCCCCCCN=c1cc(OCC)nc(N)n1O. The van der Waals surface area contributed by atoms with Gasteiger partial charge in [0.15, 0.2) is 5.49 Å². The van der Waals surface area contributed by atoms with Crippen molar-refractivity contribution >= 4 is 5.95 Å². The van der Waals surface area contributed by atoms with Gasteiger partial charge in [-0.25, -0.2) is 0 Å². The first kappa shape index (κ1) is 19.3. The number of nitrogen functional groups attached to an aromatic ring is 1. The van der Waals surface area contributed by atoms with E-state index in [-0.39, 0.29) is 5.95 Å². The Hall–Kier alpha value is -1.72. The molecule has 132 valence electrons. The van der Waals surface area contributed by atoms with E-state index < -0.39 is 0 Å². The first-order valence-corrected chi connectivity index (χ1v) is 8.91. The topological polar surface area (TPSA) is 85.7 Å². The van der Waals surface area contributed by atoms with Gasteiger partial charge in [-0.2, -0.15) is 4.98 Å². The van der Waals surface area contributed by atoms with Gasteiger partial charge in [-0.1, -0.05) is 58.3 Å². The largest absolute Gasteiger partial charge is 0.478 e. The fourth-order valence-corrected chi connectivity index (χ4v) is 2.43. The van der Waals surface area contributed by atoms with Gasteiger partial charge in [-0.15, -0.1) is 4.73 Å². The summed E-state index contributed by atoms with van der Waals surface area (Å²) in [5.74, 6) is 0.378. The molecular weight excluding hydrogens is 292 g/mol. The molecule has 6 heteroatoms. The lowest BCUT2D eigenvalue weighted by Gasteiger charge is -2.06. The number of nitrogens with two attached hydrogens (primary N) is 1. The lowest BCUT2D eigenvalue weighted by Crippen LogP contribution is -2.23. The molecule has 3 N–H and O–H groups in total. The molecule has 1 aromatic rings. The molecule has 0 aliphatic rings. The molecule has 1 heterocycles. The average molecular weight is 324 g/mol. The van der Waals surface area contributed by atoms with E-state index in [1.54, 1.807) is 6.07 Å². The Labute approximate surface area is 139 Å². The molecule has 0 aliphatic heterocycles. The van der Waals surface area contributed by atoms with Gasteiger partial charge in [0, 0.05) is 12.6 Å². The Morgan fingerprint density at radius 2 is 1.70 bits per heavy atom. The first-order valence-electron chi connectivity index (χ1n) is 8.91. The van der Waals surface area contributed by atoms with Crippen LogP contribution in [0.2, 0.25) is 0 Å². The number of anilines is 1. The number of nitrogens with zero attached hydrogens (tertiary/aromatic N) is 3. The molecule has 1 aromatic heterocycles. The van der Waals surface area contributed by atoms with Gasteiger partial charge in [0.25, 0.3) is 0 Å². The highest BCUT2D eigenvalue weighted by atomic mass is 16.5. The van der Waals surface area contributed by atoms with Crippen LogP contribution in [0.4, 0.5) is 5.95 Å². The first-order chi connectivity index (χ1) is 11.2. The number of aromatic nitrogens is 2. The van der Waals surface area contributed by atoms with Crippen LogP contribution in [0.1, 0.15) is 71.6 Å². The number of hydrogen-bond donors (Lipinski definition) is 2. The minimum atomic E-state index is -0.0122. The van der Waals surface area contributed by atoms with Crippen LogP contribution in [0.25, 0.3) is 0 Å². The number of hydrogen-bond acceptors (Lipinski definition) is 5. The third-order valence-electron chi connectivity index (χ3n) is 3.74. The van der Waals surface area contributed by atoms with Crippen LogP contribution < -0.4 is 16.0 Å². The van der Waals surface area contributed by atoms with Gasteiger partial charge in [0.1, 0.15) is 0 Å². The Bertz CT molecular complexity index is 500. The molecule has 0 bridgehead atoms. The van der Waals surface area contributed by atoms with Crippen LogP contribution >= 0.6 is 0 Å². The summed E-state index contributed by atoms with van der Waals surface area (Å²) in [6.07, 6.45) is 11.5. The molecule has 0 saturated carbocycles. The van der Waals surface area contributed by atoms with Crippen molar-refractivity contribution < 1.29 is 9.94 Å². The van der Waals surface area contributed by atoms with E-state index in [9.17, 15) is 5.21 Å². The summed E-state index contributed by atoms with van der Waals surface area (Å²) in [6, 6.07) is 1.60. The van der Waals surface area contributed by atoms with Crippen molar-refractivity contribution in [1.29, 1.82) is 0 Å². The fraction of sp³-hybridized carbons (Fsp3) is 0.765. The van der Waals surface area contributed by atoms with Crippen molar-refractivity contribution in [2.75, 3.05) is 18.9 Å². The maximum Gasteiger partial charge on any atom is 0.239 e. The Morgan fingerprint density at radius 1 is 1.09 bits per heavy atom. The highest BCUT2D eigenvalue weighted by Gasteiger charge is 2.03. The van der Waals surface area contributed by atoms with Gasteiger partial charge in [-0.05, 0) is 13.3 Å². The molecule has 0 aliphatic carbocycles. The van der Waals surface area contributed by atoms with Crippen LogP contribution in [0.3, 0.4) is 0 Å². The minimum Gasteiger partial charge on any atom is -0.478 e. The van der Waals surface area contributed by atoms with Crippen molar-refractivity contribution in [3.05, 3.63) is 11.6 Å². The summed E-state index contributed by atoms with van der Waals surface area (Å²) < 4.78 is 6.11. The number of unbranched alkanes of at least 4 members (excludes halogenated alkanes) is 8. The fourth-order valence-electron chi connectivity index (χ4n) is 2.43. The molecule has 0 unspecified atom stereocenters. The molecule has 0 spiro atoms. The van der Waals surface area contributed by atoms with Crippen LogP contribution in [0.15, 0.2) is 11.1 Å². The molecule has 1 rings (SSSR count). The van der Waals surface area contributed by atoms with E-state index in [1.807, 2.05) is 6.92 Å². The van der Waals surface area contributed by atoms with Gasteiger partial charge in [0.2, 0.25) is 11.8 Å². The van der Waals surface area contributed by atoms with Crippen LogP contribution in [0, 0.1) is 0 Å². The monoisotopic (exact) mass is 324 g/mol. The third-order valence-corrected chi connectivity index (χ3v) is 3.74. The Morgan fingerprint density at radius 3 is 2.30 bits per heavy atom. The van der Waals surface area contributed by atoms with Gasteiger partial charge in [0.05, 0.1) is 6.61 Å². The normalized spacial score (nSPS) is 11.8. The summed E-state index contributed by atoms with van der Waals surface area (Å²) in [4.78, 5) is 8.31. The van der Waals surface area contributed by atoms with Gasteiger partial charge >= 0.3 is 0 Å². The van der Waals surface area contributed by atoms with Crippen molar-refractivity contribution in [2.24, 2.45) is 4.99 Å². The van der Waals surface area contributed by atoms with Crippen LogP contribution in [-0.2, 0) is 0 Å². The predicted molar refractivity (Wildman–Crippen MR) is 92.6 cm³/mol. The molecular formula is C17H32N4O2. The van der Waals surface area contributed by atoms with E-state index >= 15 is 0 Å². The van der Waals surface area contributed by atoms with Crippen molar-refractivity contribution in [1.82, 2.24) is 9.71 Å². The van der Waals surface area contributed by atoms with Crippen molar-refractivity contribution in [3.63, 3.8) is 0 Å². The lowest BCUT2D eigenvalue weighted by molar-refractivity contribution is 0.172. The quantitative estimate of drug-likeness (QED) is 0.455. The summed E-state index contributed by atoms with van der Waals surface area (Å²) in [5.41, 5.74) is 6.02. The molecule has 0 fully saturated rings. The third kappa shape index (κ3) is 7.90. The second kappa shape index (κ2) is 11.8. The van der Waals surface area contributed by atoms with E-state index in [0.717, 1.165) is 11.2 Å². The second-order valence-corrected chi connectivity index (χ2v) is 5.77. The molecule has 0 aromatic carbocycles. The minimum absolute atomic E-state index is 0.0122. The number of ether oxygens (including phenoxy) is 1. The van der Waals surface area contributed by atoms with Gasteiger partial charge in [-0.3, -0.25) is 4.99 Å². The molecule has 0 atom stereocenters. The standard InChI is InChI=1S/C17H32N4O2/c1-3-5-6-7-8-9-10-11-12-13-19-15-14-16(23-4-2)20-17(18)21(15)22/h14,22H,3-13H2,1-2H3,(H2,18,20). The summed E-state index contributed by atoms with van der Waals surface area (Å²) in [7, 11) is 0. The summed E-state index contributed by atoms with van der Waals surface area (Å²) in [6.45, 7) is 5.29. The predicted octanol–water partition coefficient (Wildman–Crippen LogP) is 3.53. The number of rotatable bonds is 12. The Kier molecular flexibility index (Phi) is 9.91. The zero-order chi connectivity index (χ0) is 16.9.